The lowest BCUT2D eigenvalue weighted by atomic mass is 10.0. The Morgan fingerprint density at radius 2 is 2.28 bits per heavy atom. The van der Waals surface area contributed by atoms with Crippen LogP contribution in [0, 0.1) is 18.3 Å². The van der Waals surface area contributed by atoms with E-state index in [1.807, 2.05) is 6.92 Å². The predicted octanol–water partition coefficient (Wildman–Crippen LogP) is 2.84. The number of aromatic nitrogens is 1. The summed E-state index contributed by atoms with van der Waals surface area (Å²) in [6, 6.07) is 0. The third kappa shape index (κ3) is 2.11. The summed E-state index contributed by atoms with van der Waals surface area (Å²) in [5.41, 5.74) is 0.992. The lowest BCUT2D eigenvalue weighted by Crippen LogP contribution is -2.17. The number of rotatable bonds is 5. The van der Waals surface area contributed by atoms with Gasteiger partial charge in [-0.05, 0) is 43.9 Å². The molecule has 0 saturated heterocycles. The van der Waals surface area contributed by atoms with Crippen LogP contribution in [0.3, 0.4) is 0 Å². The van der Waals surface area contributed by atoms with Crippen molar-refractivity contribution in [2.24, 2.45) is 11.3 Å². The summed E-state index contributed by atoms with van der Waals surface area (Å²) < 4.78 is 4.71. The number of methoxy groups -OCH3 is 1. The molecule has 1 aromatic rings. The molecule has 1 heterocycles. The SMILES string of the molecule is COC(=O)c1nc(NCC2(C3CC3)CC2)sc1C. The summed E-state index contributed by atoms with van der Waals surface area (Å²) in [6.07, 6.45) is 5.48. The maximum atomic E-state index is 11.5. The van der Waals surface area contributed by atoms with E-state index in [0.29, 0.717) is 11.1 Å². The van der Waals surface area contributed by atoms with Gasteiger partial charge in [0.1, 0.15) is 0 Å². The van der Waals surface area contributed by atoms with Crippen LogP contribution < -0.4 is 5.32 Å². The quantitative estimate of drug-likeness (QED) is 0.833. The first-order valence-electron chi connectivity index (χ1n) is 6.44. The van der Waals surface area contributed by atoms with Crippen LogP contribution in [0.25, 0.3) is 0 Å². The molecule has 2 fully saturated rings. The molecule has 0 amide bonds. The number of ether oxygens (including phenoxy) is 1. The van der Waals surface area contributed by atoms with Crippen LogP contribution in [0.1, 0.15) is 41.0 Å². The first-order chi connectivity index (χ1) is 8.64. The summed E-state index contributed by atoms with van der Waals surface area (Å²) in [5, 5.41) is 4.26. The fourth-order valence-electron chi connectivity index (χ4n) is 2.60. The van der Waals surface area contributed by atoms with Crippen LogP contribution in [-0.4, -0.2) is 24.6 Å². The van der Waals surface area contributed by atoms with E-state index in [1.165, 1.54) is 44.1 Å². The second kappa shape index (κ2) is 4.23. The van der Waals surface area contributed by atoms with Crippen LogP contribution in [0.15, 0.2) is 0 Å². The average molecular weight is 266 g/mol. The highest BCUT2D eigenvalue weighted by atomic mass is 32.1. The predicted molar refractivity (Wildman–Crippen MR) is 71.1 cm³/mol. The van der Waals surface area contributed by atoms with Gasteiger partial charge < -0.3 is 10.1 Å². The van der Waals surface area contributed by atoms with E-state index in [0.717, 1.165) is 22.5 Å². The number of thiazole rings is 1. The Bertz CT molecular complexity index is 475. The van der Waals surface area contributed by atoms with Crippen molar-refractivity contribution in [1.82, 2.24) is 4.98 Å². The molecule has 3 rings (SSSR count). The summed E-state index contributed by atoms with van der Waals surface area (Å²) in [4.78, 5) is 16.7. The van der Waals surface area contributed by atoms with Crippen molar-refractivity contribution >= 4 is 22.4 Å². The molecule has 2 aliphatic rings. The van der Waals surface area contributed by atoms with Crippen LogP contribution in [0.4, 0.5) is 5.13 Å². The molecule has 0 aromatic carbocycles. The van der Waals surface area contributed by atoms with Gasteiger partial charge in [0.05, 0.1) is 7.11 Å². The van der Waals surface area contributed by atoms with Crippen molar-refractivity contribution in [3.63, 3.8) is 0 Å². The van der Waals surface area contributed by atoms with Gasteiger partial charge in [0.25, 0.3) is 0 Å². The molecule has 4 nitrogen and oxygen atoms in total. The van der Waals surface area contributed by atoms with E-state index in [4.69, 9.17) is 4.74 Å². The monoisotopic (exact) mass is 266 g/mol. The Morgan fingerprint density at radius 3 is 2.83 bits per heavy atom. The molecule has 0 unspecified atom stereocenters. The number of nitrogens with zero attached hydrogens (tertiary/aromatic N) is 1. The Labute approximate surface area is 111 Å². The molecule has 0 bridgehead atoms. The second-order valence-electron chi connectivity index (χ2n) is 5.41. The number of aryl methyl sites for hydroxylation is 1. The molecule has 5 heteroatoms. The first kappa shape index (κ1) is 12.0. The van der Waals surface area contributed by atoms with Gasteiger partial charge >= 0.3 is 5.97 Å². The first-order valence-corrected chi connectivity index (χ1v) is 7.26. The average Bonchev–Trinajstić information content (AvgIpc) is 3.24. The van der Waals surface area contributed by atoms with E-state index < -0.39 is 0 Å². The van der Waals surface area contributed by atoms with Crippen molar-refractivity contribution in [2.75, 3.05) is 19.0 Å². The number of hydrogen-bond acceptors (Lipinski definition) is 5. The van der Waals surface area contributed by atoms with Crippen molar-refractivity contribution in [2.45, 2.75) is 32.6 Å². The summed E-state index contributed by atoms with van der Waals surface area (Å²) in [5.74, 6) is 0.589. The largest absolute Gasteiger partial charge is 0.464 e. The molecule has 2 aliphatic carbocycles. The molecule has 0 aliphatic heterocycles. The van der Waals surface area contributed by atoms with E-state index >= 15 is 0 Å². The standard InChI is InChI=1S/C13H18N2O2S/c1-8-10(11(16)17-2)15-12(18-8)14-7-13(5-6-13)9-3-4-9/h9H,3-7H2,1-2H3,(H,14,15). The number of hydrogen-bond donors (Lipinski definition) is 1. The highest BCUT2D eigenvalue weighted by Crippen LogP contribution is 2.61. The molecule has 18 heavy (non-hydrogen) atoms. The maximum Gasteiger partial charge on any atom is 0.357 e. The second-order valence-corrected chi connectivity index (χ2v) is 6.61. The van der Waals surface area contributed by atoms with E-state index in [9.17, 15) is 4.79 Å². The number of nitrogens with one attached hydrogen (secondary N) is 1. The van der Waals surface area contributed by atoms with Crippen molar-refractivity contribution in [3.05, 3.63) is 10.6 Å². The molecule has 98 valence electrons. The zero-order valence-electron chi connectivity index (χ0n) is 10.8. The van der Waals surface area contributed by atoms with Crippen molar-refractivity contribution in [1.29, 1.82) is 0 Å². The summed E-state index contributed by atoms with van der Waals surface area (Å²) in [7, 11) is 1.39. The van der Waals surface area contributed by atoms with Crippen LogP contribution in [0.5, 0.6) is 0 Å². The third-order valence-electron chi connectivity index (χ3n) is 4.10. The topological polar surface area (TPSA) is 51.2 Å². The lowest BCUT2D eigenvalue weighted by molar-refractivity contribution is 0.0594. The van der Waals surface area contributed by atoms with Gasteiger partial charge in [0.2, 0.25) is 0 Å². The summed E-state index contributed by atoms with van der Waals surface area (Å²) in [6.45, 7) is 2.91. The van der Waals surface area contributed by atoms with Crippen molar-refractivity contribution in [3.8, 4) is 0 Å². The van der Waals surface area contributed by atoms with Gasteiger partial charge in [-0.2, -0.15) is 0 Å². The van der Waals surface area contributed by atoms with Crippen LogP contribution >= 0.6 is 11.3 Å². The van der Waals surface area contributed by atoms with Crippen LogP contribution in [0.2, 0.25) is 0 Å². The third-order valence-corrected chi connectivity index (χ3v) is 5.03. The minimum atomic E-state index is -0.347. The normalized spacial score (nSPS) is 20.6. The Hall–Kier alpha value is -1.10. The number of carbonyl (C=O) groups is 1. The van der Waals surface area contributed by atoms with Gasteiger partial charge in [-0.25, -0.2) is 9.78 Å². The smallest absolute Gasteiger partial charge is 0.357 e. The van der Waals surface area contributed by atoms with Crippen molar-refractivity contribution < 1.29 is 9.53 Å². The van der Waals surface area contributed by atoms with Gasteiger partial charge in [-0.1, -0.05) is 0 Å². The van der Waals surface area contributed by atoms with Crippen LogP contribution in [-0.2, 0) is 4.74 Å². The molecular formula is C13H18N2O2S. The fourth-order valence-corrected chi connectivity index (χ4v) is 3.39. The van der Waals surface area contributed by atoms with Gasteiger partial charge in [-0.15, -0.1) is 11.3 Å². The molecule has 1 aromatic heterocycles. The zero-order chi connectivity index (χ0) is 12.8. The highest BCUT2D eigenvalue weighted by Gasteiger charge is 2.53. The highest BCUT2D eigenvalue weighted by molar-refractivity contribution is 7.15. The van der Waals surface area contributed by atoms with E-state index in [2.05, 4.69) is 10.3 Å². The molecular weight excluding hydrogens is 248 g/mol. The number of esters is 1. The molecule has 0 radical (unpaired) electrons. The summed E-state index contributed by atoms with van der Waals surface area (Å²) >= 11 is 1.54. The number of anilines is 1. The zero-order valence-corrected chi connectivity index (χ0v) is 11.6. The lowest BCUT2D eigenvalue weighted by Gasteiger charge is -2.13. The minimum absolute atomic E-state index is 0.347. The number of carbonyl (C=O) groups excluding carboxylic acids is 1. The van der Waals surface area contributed by atoms with E-state index in [-0.39, 0.29) is 5.97 Å². The Kier molecular flexibility index (Phi) is 2.81. The molecule has 0 spiro atoms. The van der Waals surface area contributed by atoms with Gasteiger partial charge in [0.15, 0.2) is 10.8 Å². The molecule has 0 atom stereocenters. The Balaban J connectivity index is 1.64. The fraction of sp³-hybridized carbons (Fsp3) is 0.692. The molecule has 1 N–H and O–H groups in total. The van der Waals surface area contributed by atoms with Gasteiger partial charge in [-0.3, -0.25) is 0 Å². The molecule has 2 saturated carbocycles. The maximum absolute atomic E-state index is 11.5. The Morgan fingerprint density at radius 1 is 1.56 bits per heavy atom. The minimum Gasteiger partial charge on any atom is -0.464 e. The van der Waals surface area contributed by atoms with E-state index in [1.54, 1.807) is 0 Å². The van der Waals surface area contributed by atoms with Gasteiger partial charge in [0, 0.05) is 11.4 Å².